The lowest BCUT2D eigenvalue weighted by molar-refractivity contribution is 0.250. The van der Waals surface area contributed by atoms with Gasteiger partial charge in [-0.2, -0.15) is 0 Å². The average Bonchev–Trinajstić information content (AvgIpc) is 3.37. The van der Waals surface area contributed by atoms with Crippen LogP contribution in [0.3, 0.4) is 0 Å². The second-order valence-electron chi connectivity index (χ2n) is 7.60. The van der Waals surface area contributed by atoms with Crippen LogP contribution < -0.4 is 9.47 Å². The van der Waals surface area contributed by atoms with Gasteiger partial charge in [0.1, 0.15) is 17.5 Å². The van der Waals surface area contributed by atoms with Crippen LogP contribution in [0.2, 0.25) is 0 Å². The highest BCUT2D eigenvalue weighted by molar-refractivity contribution is 8.14. The van der Waals surface area contributed by atoms with Crippen molar-refractivity contribution in [2.24, 2.45) is 4.99 Å². The van der Waals surface area contributed by atoms with Gasteiger partial charge in [-0.15, -0.1) is 0 Å². The summed E-state index contributed by atoms with van der Waals surface area (Å²) < 4.78 is 11.4. The van der Waals surface area contributed by atoms with Crippen molar-refractivity contribution in [3.63, 3.8) is 0 Å². The summed E-state index contributed by atoms with van der Waals surface area (Å²) in [6.07, 6.45) is 2.93. The number of pyridine rings is 1. The second kappa shape index (κ2) is 7.84. The monoisotopic (exact) mass is 419 g/mol. The molecule has 0 unspecified atom stereocenters. The van der Waals surface area contributed by atoms with E-state index in [1.54, 1.807) is 14.2 Å². The number of fused-ring (bicyclic) bond motifs is 2. The van der Waals surface area contributed by atoms with E-state index in [2.05, 4.69) is 47.1 Å². The maximum absolute atomic E-state index is 5.90. The van der Waals surface area contributed by atoms with E-state index in [-0.39, 0.29) is 12.1 Å². The minimum absolute atomic E-state index is 0.0283. The maximum atomic E-state index is 5.90. The molecular formula is C24H25N3O2S. The van der Waals surface area contributed by atoms with Crippen LogP contribution in [-0.4, -0.2) is 41.1 Å². The van der Waals surface area contributed by atoms with Gasteiger partial charge in [-0.05, 0) is 47.5 Å². The van der Waals surface area contributed by atoms with Gasteiger partial charge in [0.15, 0.2) is 5.17 Å². The highest BCUT2D eigenvalue weighted by Gasteiger charge is 2.47. The molecule has 3 atom stereocenters. The molecule has 0 amide bonds. The smallest absolute Gasteiger partial charge is 0.160 e. The minimum Gasteiger partial charge on any atom is -0.497 e. The number of hydrogen-bond donors (Lipinski definition) is 0. The first-order valence-corrected chi connectivity index (χ1v) is 11.3. The molecule has 0 radical (unpaired) electrons. The molecule has 5 nitrogen and oxygen atoms in total. The molecule has 2 aliphatic rings. The number of aliphatic imine (C=N–C) groups is 1. The van der Waals surface area contributed by atoms with E-state index >= 15 is 0 Å². The third kappa shape index (κ3) is 3.01. The van der Waals surface area contributed by atoms with Gasteiger partial charge in [0.2, 0.25) is 0 Å². The van der Waals surface area contributed by atoms with Crippen LogP contribution in [0.15, 0.2) is 59.7 Å². The van der Waals surface area contributed by atoms with E-state index in [0.29, 0.717) is 6.04 Å². The summed E-state index contributed by atoms with van der Waals surface area (Å²) in [5.74, 6) is 2.79. The molecular weight excluding hydrogens is 394 g/mol. The molecule has 0 aliphatic carbocycles. The fourth-order valence-corrected chi connectivity index (χ4v) is 5.91. The fourth-order valence-electron chi connectivity index (χ4n) is 4.58. The van der Waals surface area contributed by atoms with Crippen molar-refractivity contribution < 1.29 is 9.47 Å². The number of aromatic nitrogens is 1. The molecule has 30 heavy (non-hydrogen) atoms. The number of thioether (sulfide) groups is 1. The van der Waals surface area contributed by atoms with Crippen molar-refractivity contribution >= 4 is 27.7 Å². The predicted molar refractivity (Wildman–Crippen MR) is 123 cm³/mol. The third-order valence-electron chi connectivity index (χ3n) is 6.08. The summed E-state index contributed by atoms with van der Waals surface area (Å²) in [5.41, 5.74) is 2.14. The minimum atomic E-state index is -0.0752. The van der Waals surface area contributed by atoms with Crippen molar-refractivity contribution in [3.8, 4) is 11.5 Å². The second-order valence-corrected chi connectivity index (χ2v) is 8.59. The Kier molecular flexibility index (Phi) is 5.03. The largest absolute Gasteiger partial charge is 0.497 e. The molecule has 1 fully saturated rings. The van der Waals surface area contributed by atoms with E-state index in [9.17, 15) is 0 Å². The van der Waals surface area contributed by atoms with Crippen LogP contribution in [-0.2, 0) is 0 Å². The summed E-state index contributed by atoms with van der Waals surface area (Å²) in [6.45, 7) is 2.25. The summed E-state index contributed by atoms with van der Waals surface area (Å²) in [4.78, 5) is 12.3. The number of rotatable bonds is 5. The number of ether oxygens (including phenoxy) is 2. The van der Waals surface area contributed by atoms with Crippen LogP contribution in [0.25, 0.3) is 10.8 Å². The number of benzene rings is 2. The number of amidine groups is 1. The summed E-state index contributed by atoms with van der Waals surface area (Å²) in [6, 6.07) is 16.9. The first-order chi connectivity index (χ1) is 14.7. The Labute approximate surface area is 181 Å². The lowest BCUT2D eigenvalue weighted by Crippen LogP contribution is -2.35. The average molecular weight is 420 g/mol. The van der Waals surface area contributed by atoms with Crippen molar-refractivity contribution in [3.05, 3.63) is 66.0 Å². The Balaban J connectivity index is 1.76. The zero-order valence-electron chi connectivity index (χ0n) is 17.4. The summed E-state index contributed by atoms with van der Waals surface area (Å²) in [7, 11) is 3.45. The topological polar surface area (TPSA) is 47.0 Å². The first-order valence-electron chi connectivity index (χ1n) is 10.3. The predicted octanol–water partition coefficient (Wildman–Crippen LogP) is 5.23. The Morgan fingerprint density at radius 2 is 1.97 bits per heavy atom. The Morgan fingerprint density at radius 3 is 2.70 bits per heavy atom. The van der Waals surface area contributed by atoms with Crippen LogP contribution in [0, 0.1) is 0 Å². The van der Waals surface area contributed by atoms with Gasteiger partial charge in [0.05, 0.1) is 26.0 Å². The van der Waals surface area contributed by atoms with Crippen molar-refractivity contribution in [1.82, 2.24) is 9.88 Å². The number of hydrogen-bond acceptors (Lipinski definition) is 6. The molecule has 0 bridgehead atoms. The Bertz CT molecular complexity index is 1100. The van der Waals surface area contributed by atoms with E-state index in [1.807, 2.05) is 36.2 Å². The molecule has 1 saturated heterocycles. The van der Waals surface area contributed by atoms with Gasteiger partial charge in [-0.3, -0.25) is 9.98 Å². The van der Waals surface area contributed by atoms with Crippen LogP contribution in [0.1, 0.15) is 36.7 Å². The van der Waals surface area contributed by atoms with Gasteiger partial charge in [0, 0.05) is 23.6 Å². The van der Waals surface area contributed by atoms with Gasteiger partial charge >= 0.3 is 0 Å². The van der Waals surface area contributed by atoms with Crippen LogP contribution >= 0.6 is 11.8 Å². The summed E-state index contributed by atoms with van der Waals surface area (Å²) >= 11 is 1.85. The maximum Gasteiger partial charge on any atom is 0.160 e. The van der Waals surface area contributed by atoms with E-state index in [0.717, 1.165) is 45.5 Å². The van der Waals surface area contributed by atoms with E-state index in [4.69, 9.17) is 14.5 Å². The molecule has 154 valence electrons. The normalized spacial score (nSPS) is 22.8. The standard InChI is InChI=1S/C24H25N3O2S/c1-4-16-14-30-24-26-22(19-7-5-6-12-25-19)23(27(16)24)21-18-13-17(28-2)10-8-15(18)9-11-20(21)29-3/h5-13,16,22-23H,4,14H2,1-3H3/t16-,22-,23+/m1/s1. The molecule has 0 spiro atoms. The zero-order chi connectivity index (χ0) is 20.7. The fraction of sp³-hybridized carbons (Fsp3) is 0.333. The molecule has 2 aromatic carbocycles. The molecule has 0 N–H and O–H groups in total. The Hall–Kier alpha value is -2.73. The molecule has 2 aliphatic heterocycles. The summed E-state index contributed by atoms with van der Waals surface area (Å²) in [5, 5.41) is 3.42. The lowest BCUT2D eigenvalue weighted by atomic mass is 9.90. The van der Waals surface area contributed by atoms with Crippen LogP contribution in [0.5, 0.6) is 11.5 Å². The van der Waals surface area contributed by atoms with Gasteiger partial charge in [-0.25, -0.2) is 0 Å². The molecule has 6 heteroatoms. The third-order valence-corrected chi connectivity index (χ3v) is 7.20. The number of methoxy groups -OCH3 is 2. The highest BCUT2D eigenvalue weighted by atomic mass is 32.2. The van der Waals surface area contributed by atoms with Crippen molar-refractivity contribution in [2.45, 2.75) is 31.5 Å². The highest BCUT2D eigenvalue weighted by Crippen LogP contribution is 2.52. The Morgan fingerprint density at radius 1 is 1.10 bits per heavy atom. The molecule has 3 aromatic rings. The van der Waals surface area contributed by atoms with Crippen LogP contribution in [0.4, 0.5) is 0 Å². The van der Waals surface area contributed by atoms with Crippen molar-refractivity contribution in [2.75, 3.05) is 20.0 Å². The zero-order valence-corrected chi connectivity index (χ0v) is 18.2. The number of nitrogens with zero attached hydrogens (tertiary/aromatic N) is 3. The van der Waals surface area contributed by atoms with E-state index in [1.165, 1.54) is 5.39 Å². The molecule has 0 saturated carbocycles. The van der Waals surface area contributed by atoms with E-state index < -0.39 is 0 Å². The molecule has 3 heterocycles. The molecule has 5 rings (SSSR count). The first kappa shape index (κ1) is 19.2. The van der Waals surface area contributed by atoms with Crippen molar-refractivity contribution in [1.29, 1.82) is 0 Å². The SMILES string of the molecule is CC[C@@H]1CSC2=N[C@H](c3ccccn3)[C@H](c3c(OC)ccc4ccc(OC)cc34)N21. The van der Waals surface area contributed by atoms with Gasteiger partial charge in [-0.1, -0.05) is 36.9 Å². The quantitative estimate of drug-likeness (QED) is 0.567. The molecule has 1 aromatic heterocycles. The lowest BCUT2D eigenvalue weighted by Gasteiger charge is -2.33. The van der Waals surface area contributed by atoms with Gasteiger partial charge < -0.3 is 14.4 Å². The van der Waals surface area contributed by atoms with Gasteiger partial charge in [0.25, 0.3) is 0 Å².